The molecule has 2 heterocycles. The Morgan fingerprint density at radius 1 is 1.32 bits per heavy atom. The molecule has 6 heteroatoms. The van der Waals surface area contributed by atoms with Crippen molar-refractivity contribution >= 4 is 11.8 Å². The Morgan fingerprint density at radius 2 is 2.09 bits per heavy atom. The van der Waals surface area contributed by atoms with Gasteiger partial charge in [0.25, 0.3) is 0 Å². The number of aliphatic hydroxyl groups excluding tert-OH is 1. The molecule has 2 amide bonds. The van der Waals surface area contributed by atoms with E-state index in [0.29, 0.717) is 32.5 Å². The van der Waals surface area contributed by atoms with Gasteiger partial charge in [0.2, 0.25) is 11.8 Å². The third kappa shape index (κ3) is 4.68. The third-order valence-corrected chi connectivity index (χ3v) is 4.69. The summed E-state index contributed by atoms with van der Waals surface area (Å²) >= 11 is 0. The maximum absolute atomic E-state index is 12.3. The Balaban J connectivity index is 1.75. The standard InChI is InChI=1S/C16H29N3O3/c1-17(2)11-13-6-9-19(12-14(13)20)16(22)7-10-18-8-4-3-5-15(18)21/h13-14,20H,3-12H2,1-2H3/t13-,14+/m0/s1. The molecule has 2 saturated heterocycles. The molecule has 2 aliphatic rings. The fourth-order valence-corrected chi connectivity index (χ4v) is 3.38. The molecule has 0 aromatic heterocycles. The highest BCUT2D eigenvalue weighted by molar-refractivity contribution is 5.79. The van der Waals surface area contributed by atoms with Crippen LogP contribution in [0.25, 0.3) is 0 Å². The maximum atomic E-state index is 12.3. The highest BCUT2D eigenvalue weighted by atomic mass is 16.3. The highest BCUT2D eigenvalue weighted by Crippen LogP contribution is 2.19. The minimum atomic E-state index is -0.447. The van der Waals surface area contributed by atoms with E-state index >= 15 is 0 Å². The first-order chi connectivity index (χ1) is 10.5. The van der Waals surface area contributed by atoms with E-state index < -0.39 is 6.10 Å². The number of piperidine rings is 2. The quantitative estimate of drug-likeness (QED) is 0.785. The van der Waals surface area contributed by atoms with Crippen molar-refractivity contribution in [1.82, 2.24) is 14.7 Å². The average Bonchev–Trinajstić information content (AvgIpc) is 2.48. The van der Waals surface area contributed by atoms with E-state index in [2.05, 4.69) is 4.90 Å². The minimum Gasteiger partial charge on any atom is -0.391 e. The van der Waals surface area contributed by atoms with Crippen LogP contribution in [0.2, 0.25) is 0 Å². The first-order valence-corrected chi connectivity index (χ1v) is 8.35. The fourth-order valence-electron chi connectivity index (χ4n) is 3.38. The molecule has 0 aromatic carbocycles. The van der Waals surface area contributed by atoms with Gasteiger partial charge in [-0.15, -0.1) is 0 Å². The van der Waals surface area contributed by atoms with Gasteiger partial charge in [-0.25, -0.2) is 0 Å². The molecule has 0 saturated carbocycles. The normalized spacial score (nSPS) is 26.6. The summed E-state index contributed by atoms with van der Waals surface area (Å²) in [5.74, 6) is 0.465. The van der Waals surface area contributed by atoms with Crippen LogP contribution in [0.4, 0.5) is 0 Å². The number of carbonyl (C=O) groups is 2. The van der Waals surface area contributed by atoms with Gasteiger partial charge in [0.05, 0.1) is 6.10 Å². The molecule has 0 bridgehead atoms. The van der Waals surface area contributed by atoms with Crippen molar-refractivity contribution in [1.29, 1.82) is 0 Å². The Bertz CT molecular complexity index is 400. The third-order valence-electron chi connectivity index (χ3n) is 4.69. The molecule has 22 heavy (non-hydrogen) atoms. The second-order valence-electron chi connectivity index (χ2n) is 6.81. The van der Waals surface area contributed by atoms with Crippen LogP contribution >= 0.6 is 0 Å². The zero-order valence-corrected chi connectivity index (χ0v) is 13.8. The molecule has 2 aliphatic heterocycles. The van der Waals surface area contributed by atoms with E-state index in [0.717, 1.165) is 32.4 Å². The molecule has 0 aromatic rings. The second kappa shape index (κ2) is 7.92. The Morgan fingerprint density at radius 3 is 2.73 bits per heavy atom. The summed E-state index contributed by atoms with van der Waals surface area (Å²) in [6.07, 6.45) is 3.38. The van der Waals surface area contributed by atoms with Crippen molar-refractivity contribution in [3.8, 4) is 0 Å². The van der Waals surface area contributed by atoms with Gasteiger partial charge in [-0.2, -0.15) is 0 Å². The molecule has 126 valence electrons. The summed E-state index contributed by atoms with van der Waals surface area (Å²) < 4.78 is 0. The number of carbonyl (C=O) groups excluding carboxylic acids is 2. The SMILES string of the molecule is CN(C)C[C@@H]1CCN(C(=O)CCN2CCCCC2=O)C[C@H]1O. The molecule has 1 N–H and O–H groups in total. The summed E-state index contributed by atoms with van der Waals surface area (Å²) in [6, 6.07) is 0. The van der Waals surface area contributed by atoms with Crippen LogP contribution in [0.15, 0.2) is 0 Å². The van der Waals surface area contributed by atoms with Gasteiger partial charge in [0.15, 0.2) is 0 Å². The summed E-state index contributed by atoms with van der Waals surface area (Å²) in [5, 5.41) is 10.2. The molecular weight excluding hydrogens is 282 g/mol. The van der Waals surface area contributed by atoms with E-state index in [-0.39, 0.29) is 17.7 Å². The zero-order chi connectivity index (χ0) is 16.1. The van der Waals surface area contributed by atoms with Crippen LogP contribution in [0.1, 0.15) is 32.1 Å². The number of hydrogen-bond donors (Lipinski definition) is 1. The predicted octanol–water partition coefficient (Wildman–Crippen LogP) is 0.160. The molecular formula is C16H29N3O3. The molecule has 2 rings (SSSR count). The number of likely N-dealkylation sites (tertiary alicyclic amines) is 2. The topological polar surface area (TPSA) is 64.1 Å². The second-order valence-corrected chi connectivity index (χ2v) is 6.81. The summed E-state index contributed by atoms with van der Waals surface area (Å²) in [5.41, 5.74) is 0. The van der Waals surface area contributed by atoms with Crippen molar-refractivity contribution in [2.24, 2.45) is 5.92 Å². The van der Waals surface area contributed by atoms with E-state index in [1.807, 2.05) is 14.1 Å². The van der Waals surface area contributed by atoms with Gasteiger partial charge in [-0.1, -0.05) is 0 Å². The Kier molecular flexibility index (Phi) is 6.20. The lowest BCUT2D eigenvalue weighted by Crippen LogP contribution is -2.49. The molecule has 0 unspecified atom stereocenters. The largest absolute Gasteiger partial charge is 0.391 e. The van der Waals surface area contributed by atoms with E-state index in [4.69, 9.17) is 0 Å². The van der Waals surface area contributed by atoms with Crippen molar-refractivity contribution < 1.29 is 14.7 Å². The summed E-state index contributed by atoms with van der Waals surface area (Å²) in [4.78, 5) is 29.7. The molecule has 6 nitrogen and oxygen atoms in total. The van der Waals surface area contributed by atoms with Gasteiger partial charge in [-0.3, -0.25) is 9.59 Å². The zero-order valence-electron chi connectivity index (χ0n) is 13.8. The first-order valence-electron chi connectivity index (χ1n) is 8.35. The molecule has 0 spiro atoms. The highest BCUT2D eigenvalue weighted by Gasteiger charge is 2.30. The van der Waals surface area contributed by atoms with Crippen LogP contribution in [0.5, 0.6) is 0 Å². The Labute approximate surface area is 133 Å². The van der Waals surface area contributed by atoms with Crippen molar-refractivity contribution in [2.45, 2.75) is 38.2 Å². The van der Waals surface area contributed by atoms with E-state index in [1.54, 1.807) is 9.80 Å². The minimum absolute atomic E-state index is 0.0562. The number of β-amino-alcohol motifs (C(OH)–C–C–N with tert-alkyl or cyclic N) is 1. The summed E-state index contributed by atoms with van der Waals surface area (Å²) in [7, 11) is 4.00. The van der Waals surface area contributed by atoms with Gasteiger partial charge in [0, 0.05) is 51.5 Å². The first kappa shape index (κ1) is 17.2. The molecule has 0 aliphatic carbocycles. The van der Waals surface area contributed by atoms with E-state index in [1.165, 1.54) is 0 Å². The van der Waals surface area contributed by atoms with Crippen LogP contribution in [0, 0.1) is 5.92 Å². The Hall–Kier alpha value is -1.14. The lowest BCUT2D eigenvalue weighted by atomic mass is 9.93. The lowest BCUT2D eigenvalue weighted by Gasteiger charge is -2.37. The molecule has 0 radical (unpaired) electrons. The van der Waals surface area contributed by atoms with Crippen molar-refractivity contribution in [2.75, 3.05) is 46.8 Å². The van der Waals surface area contributed by atoms with Crippen LogP contribution < -0.4 is 0 Å². The van der Waals surface area contributed by atoms with Crippen molar-refractivity contribution in [3.63, 3.8) is 0 Å². The van der Waals surface area contributed by atoms with Gasteiger partial charge in [0.1, 0.15) is 0 Å². The number of nitrogens with zero attached hydrogens (tertiary/aromatic N) is 3. The molecule has 2 atom stereocenters. The van der Waals surface area contributed by atoms with Crippen LogP contribution in [-0.4, -0.2) is 84.5 Å². The smallest absolute Gasteiger partial charge is 0.224 e. The summed E-state index contributed by atoms with van der Waals surface area (Å²) in [6.45, 7) is 3.28. The lowest BCUT2D eigenvalue weighted by molar-refractivity contribution is -0.138. The van der Waals surface area contributed by atoms with Crippen molar-refractivity contribution in [3.05, 3.63) is 0 Å². The predicted molar refractivity (Wildman–Crippen MR) is 84.3 cm³/mol. The van der Waals surface area contributed by atoms with Gasteiger partial charge < -0.3 is 19.8 Å². The number of hydrogen-bond acceptors (Lipinski definition) is 4. The van der Waals surface area contributed by atoms with Crippen LogP contribution in [-0.2, 0) is 9.59 Å². The number of rotatable bonds is 5. The molecule has 2 fully saturated rings. The van der Waals surface area contributed by atoms with Gasteiger partial charge >= 0.3 is 0 Å². The fraction of sp³-hybridized carbons (Fsp3) is 0.875. The number of amides is 2. The van der Waals surface area contributed by atoms with Gasteiger partial charge in [-0.05, 0) is 33.4 Å². The van der Waals surface area contributed by atoms with E-state index in [9.17, 15) is 14.7 Å². The average molecular weight is 311 g/mol. The van der Waals surface area contributed by atoms with Crippen LogP contribution in [0.3, 0.4) is 0 Å². The number of aliphatic hydroxyl groups is 1. The monoisotopic (exact) mass is 311 g/mol. The maximum Gasteiger partial charge on any atom is 0.224 e.